The number of nitrogens with zero attached hydrogens (tertiary/aromatic N) is 1. The molecule has 5 aromatic rings. The van der Waals surface area contributed by atoms with Crippen LogP contribution in [0.15, 0.2) is 48.5 Å². The minimum absolute atomic E-state index is 0.310. The highest BCUT2D eigenvalue weighted by molar-refractivity contribution is 7.28. The number of fused-ring (bicyclic) bond motifs is 6. The summed E-state index contributed by atoms with van der Waals surface area (Å²) in [6, 6.07) is 17.5. The van der Waals surface area contributed by atoms with Gasteiger partial charge >= 0.3 is 7.12 Å². The van der Waals surface area contributed by atoms with Gasteiger partial charge in [-0.25, -0.2) is 0 Å². The fraction of sp³-hybridized carbons (Fsp3) is 0.273. The van der Waals surface area contributed by atoms with Crippen LogP contribution in [0, 0.1) is 0 Å². The van der Waals surface area contributed by atoms with Crippen LogP contribution in [0.2, 0.25) is 0 Å². The van der Waals surface area contributed by atoms with Crippen molar-refractivity contribution in [3.8, 4) is 0 Å². The molecule has 5 heteroatoms. The van der Waals surface area contributed by atoms with Gasteiger partial charge in [-0.15, -0.1) is 11.3 Å². The van der Waals surface area contributed by atoms with Gasteiger partial charge < -0.3 is 9.31 Å². The third-order valence-corrected chi connectivity index (χ3v) is 7.55. The second-order valence-corrected chi connectivity index (χ2v) is 9.57. The molecule has 0 spiro atoms. The summed E-state index contributed by atoms with van der Waals surface area (Å²) >= 11 is 1.78. The zero-order valence-corrected chi connectivity index (χ0v) is 16.7. The van der Waals surface area contributed by atoms with Gasteiger partial charge in [0.2, 0.25) is 0 Å². The number of hydrogen-bond acceptors (Lipinski definition) is 3. The largest absolute Gasteiger partial charge is 0.505 e. The lowest BCUT2D eigenvalue weighted by Gasteiger charge is -2.32. The third-order valence-electron chi connectivity index (χ3n) is 6.41. The summed E-state index contributed by atoms with van der Waals surface area (Å²) in [6.07, 6.45) is 0. The summed E-state index contributed by atoms with van der Waals surface area (Å²) in [4.78, 5) is 1.27. The molecule has 0 saturated carbocycles. The Morgan fingerprint density at radius 2 is 1.44 bits per heavy atom. The predicted octanol–water partition coefficient (Wildman–Crippen LogP) is 5.20. The van der Waals surface area contributed by atoms with Crippen LogP contribution in [-0.2, 0) is 9.31 Å². The van der Waals surface area contributed by atoms with Gasteiger partial charge in [0.15, 0.2) is 0 Å². The Morgan fingerprint density at radius 3 is 2.19 bits per heavy atom. The zero-order valence-electron chi connectivity index (χ0n) is 15.9. The first-order valence-electron chi connectivity index (χ1n) is 9.40. The quantitative estimate of drug-likeness (QED) is 0.377. The van der Waals surface area contributed by atoms with Gasteiger partial charge in [-0.3, -0.25) is 4.40 Å². The van der Waals surface area contributed by atoms with E-state index in [2.05, 4.69) is 80.6 Å². The topological polar surface area (TPSA) is 22.9 Å². The summed E-state index contributed by atoms with van der Waals surface area (Å²) in [5, 5.41) is 5.23. The molecular formula is C22H20BNO2S. The van der Waals surface area contributed by atoms with Crippen molar-refractivity contribution in [3.05, 3.63) is 48.5 Å². The lowest BCUT2D eigenvalue weighted by molar-refractivity contribution is 0.00578. The van der Waals surface area contributed by atoms with Gasteiger partial charge in [-0.1, -0.05) is 36.4 Å². The molecule has 1 aliphatic heterocycles. The molecule has 1 saturated heterocycles. The summed E-state index contributed by atoms with van der Waals surface area (Å²) in [5.74, 6) is 0. The third kappa shape index (κ3) is 1.89. The van der Waals surface area contributed by atoms with E-state index < -0.39 is 0 Å². The maximum Gasteiger partial charge on any atom is 0.505 e. The van der Waals surface area contributed by atoms with Crippen molar-refractivity contribution in [3.63, 3.8) is 0 Å². The second-order valence-electron chi connectivity index (χ2n) is 8.51. The van der Waals surface area contributed by atoms with Gasteiger partial charge in [0.1, 0.15) is 4.83 Å². The van der Waals surface area contributed by atoms with Gasteiger partial charge in [-0.2, -0.15) is 0 Å². The van der Waals surface area contributed by atoms with Crippen molar-refractivity contribution in [2.45, 2.75) is 38.9 Å². The van der Waals surface area contributed by atoms with Crippen LogP contribution in [0.1, 0.15) is 27.7 Å². The Labute approximate surface area is 162 Å². The van der Waals surface area contributed by atoms with E-state index in [0.717, 1.165) is 4.78 Å². The average molecular weight is 373 g/mol. The Bertz CT molecular complexity index is 1330. The van der Waals surface area contributed by atoms with E-state index in [0.29, 0.717) is 0 Å². The van der Waals surface area contributed by atoms with Crippen molar-refractivity contribution < 1.29 is 9.31 Å². The molecule has 1 aliphatic rings. The molecule has 0 radical (unpaired) electrons. The van der Waals surface area contributed by atoms with Crippen LogP contribution in [0.25, 0.3) is 37.4 Å². The van der Waals surface area contributed by atoms with Crippen molar-refractivity contribution >= 4 is 60.6 Å². The molecule has 3 aromatic heterocycles. The monoisotopic (exact) mass is 373 g/mol. The average Bonchev–Trinajstić information content (AvgIpc) is 3.31. The number of hydrogen-bond donors (Lipinski definition) is 0. The van der Waals surface area contributed by atoms with E-state index in [-0.39, 0.29) is 18.3 Å². The van der Waals surface area contributed by atoms with Crippen LogP contribution in [0.4, 0.5) is 0 Å². The normalized spacial score (nSPS) is 19.3. The maximum absolute atomic E-state index is 6.30. The smallest absolute Gasteiger partial charge is 0.399 e. The molecule has 0 aliphatic carbocycles. The standard InChI is InChI=1S/C22H20BNO2S/c1-21(2)22(3,4)26-23(25-21)18-12-16-15-10-7-9-14-13-8-5-6-11-17(13)24(19(14)15)20(16)27-18/h5-12H,1-4H3. The van der Waals surface area contributed by atoms with E-state index >= 15 is 0 Å². The highest BCUT2D eigenvalue weighted by Gasteiger charge is 2.52. The molecule has 0 atom stereocenters. The molecule has 6 rings (SSSR count). The molecule has 27 heavy (non-hydrogen) atoms. The Hall–Kier alpha value is -2.08. The zero-order chi connectivity index (χ0) is 18.6. The highest BCUT2D eigenvalue weighted by Crippen LogP contribution is 2.42. The molecule has 4 heterocycles. The van der Waals surface area contributed by atoms with Gasteiger partial charge in [0.05, 0.1) is 22.2 Å². The summed E-state index contributed by atoms with van der Waals surface area (Å²) in [7, 11) is -0.310. The van der Waals surface area contributed by atoms with Crippen LogP contribution in [0.3, 0.4) is 0 Å². The van der Waals surface area contributed by atoms with Gasteiger partial charge in [0.25, 0.3) is 0 Å². The number of thiophene rings is 1. The molecule has 2 aromatic carbocycles. The van der Waals surface area contributed by atoms with E-state index in [1.54, 1.807) is 11.3 Å². The number of aromatic nitrogens is 1. The van der Waals surface area contributed by atoms with E-state index in [9.17, 15) is 0 Å². The van der Waals surface area contributed by atoms with E-state index in [1.807, 2.05) is 0 Å². The van der Waals surface area contributed by atoms with Crippen LogP contribution >= 0.6 is 11.3 Å². The van der Waals surface area contributed by atoms with E-state index in [4.69, 9.17) is 9.31 Å². The Balaban J connectivity index is 1.65. The number of benzene rings is 2. The molecule has 3 nitrogen and oxygen atoms in total. The Morgan fingerprint density at radius 1 is 0.815 bits per heavy atom. The summed E-state index contributed by atoms with van der Waals surface area (Å²) in [5.41, 5.74) is 1.94. The molecule has 0 N–H and O–H groups in total. The van der Waals surface area contributed by atoms with Crippen LogP contribution in [0.5, 0.6) is 0 Å². The lowest BCUT2D eigenvalue weighted by Crippen LogP contribution is -2.41. The molecule has 0 bridgehead atoms. The van der Waals surface area contributed by atoms with Crippen LogP contribution < -0.4 is 4.78 Å². The predicted molar refractivity (Wildman–Crippen MR) is 115 cm³/mol. The first-order valence-corrected chi connectivity index (χ1v) is 10.2. The number of para-hydroxylation sites is 2. The minimum atomic E-state index is -0.322. The van der Waals surface area contributed by atoms with Crippen molar-refractivity contribution in [2.24, 2.45) is 0 Å². The first kappa shape index (κ1) is 15.9. The van der Waals surface area contributed by atoms with E-state index in [1.165, 1.54) is 37.4 Å². The van der Waals surface area contributed by atoms with Crippen molar-refractivity contribution in [2.75, 3.05) is 0 Å². The molecule has 0 amide bonds. The highest BCUT2D eigenvalue weighted by atomic mass is 32.1. The molecule has 134 valence electrons. The van der Waals surface area contributed by atoms with Crippen molar-refractivity contribution in [1.82, 2.24) is 4.40 Å². The molecule has 0 unspecified atom stereocenters. The van der Waals surface area contributed by atoms with Crippen LogP contribution in [-0.4, -0.2) is 22.7 Å². The molecule has 1 fully saturated rings. The fourth-order valence-corrected chi connectivity index (χ4v) is 5.43. The second kappa shape index (κ2) is 4.85. The lowest BCUT2D eigenvalue weighted by atomic mass is 9.87. The molecular weight excluding hydrogens is 353 g/mol. The Kier molecular flexibility index (Phi) is 2.86. The van der Waals surface area contributed by atoms with Crippen molar-refractivity contribution in [1.29, 1.82) is 0 Å². The summed E-state index contributed by atoms with van der Waals surface area (Å²) < 4.78 is 16.1. The fourth-order valence-electron chi connectivity index (χ4n) is 4.28. The maximum atomic E-state index is 6.30. The number of rotatable bonds is 1. The summed E-state index contributed by atoms with van der Waals surface area (Å²) in [6.45, 7) is 8.42. The minimum Gasteiger partial charge on any atom is -0.399 e. The van der Waals surface area contributed by atoms with Gasteiger partial charge in [0, 0.05) is 26.3 Å². The SMILES string of the molecule is CC1(C)OB(c2cc3c4cccc5c6ccccc6n(c3s2)c54)OC1(C)C. The van der Waals surface area contributed by atoms with Gasteiger partial charge in [-0.05, 0) is 39.8 Å². The first-order chi connectivity index (χ1) is 12.9.